The molecule has 0 unspecified atom stereocenters. The van der Waals surface area contributed by atoms with Crippen molar-refractivity contribution in [2.45, 2.75) is 32.6 Å². The van der Waals surface area contributed by atoms with Crippen LogP contribution in [-0.4, -0.2) is 36.2 Å². The molecule has 1 heterocycles. The van der Waals surface area contributed by atoms with Gasteiger partial charge in [0.1, 0.15) is 0 Å². The Morgan fingerprint density at radius 1 is 1.22 bits per heavy atom. The van der Waals surface area contributed by atoms with E-state index < -0.39 is 0 Å². The zero-order valence-corrected chi connectivity index (χ0v) is 13.8. The van der Waals surface area contributed by atoms with Crippen molar-refractivity contribution in [2.75, 3.05) is 20.1 Å². The molecule has 0 saturated carbocycles. The number of hydrogen-bond acceptors (Lipinski definition) is 5. The Kier molecular flexibility index (Phi) is 6.75. The summed E-state index contributed by atoms with van der Waals surface area (Å²) in [5, 5.41) is 9.87. The molecule has 0 aliphatic heterocycles. The molecule has 0 saturated heterocycles. The molecular weight excluding hydrogens is 292 g/mol. The molecule has 2 rings (SSSR count). The lowest BCUT2D eigenvalue weighted by Crippen LogP contribution is -2.26. The van der Waals surface area contributed by atoms with Crippen molar-refractivity contribution in [3.8, 4) is 11.5 Å². The number of hydrogen-bond donors (Lipinski definition) is 2. The summed E-state index contributed by atoms with van der Waals surface area (Å²) in [5.74, 6) is 1.37. The van der Waals surface area contributed by atoms with Gasteiger partial charge in [0.2, 0.25) is 5.91 Å². The molecule has 0 aliphatic carbocycles. The number of benzene rings is 1. The fourth-order valence-corrected chi connectivity index (χ4v) is 2.19. The van der Waals surface area contributed by atoms with Crippen molar-refractivity contribution in [1.82, 2.24) is 20.8 Å². The lowest BCUT2D eigenvalue weighted by molar-refractivity contribution is -0.121. The Balaban J connectivity index is 1.78. The summed E-state index contributed by atoms with van der Waals surface area (Å²) in [6.07, 6.45) is 3.00. The van der Waals surface area contributed by atoms with Crippen LogP contribution in [0.25, 0.3) is 11.5 Å². The molecule has 0 bridgehead atoms. The highest BCUT2D eigenvalue weighted by Crippen LogP contribution is 2.18. The second-order valence-corrected chi connectivity index (χ2v) is 5.37. The smallest absolute Gasteiger partial charge is 0.257 e. The number of carbonyl (C=O) groups is 1. The fourth-order valence-electron chi connectivity index (χ4n) is 2.19. The number of carbonyl (C=O) groups excluding carboxylic acids is 1. The normalized spacial score (nSPS) is 10.7. The molecule has 1 amide bonds. The Bertz CT molecular complexity index is 607. The summed E-state index contributed by atoms with van der Waals surface area (Å²) in [4.78, 5) is 15.9. The summed E-state index contributed by atoms with van der Waals surface area (Å²) < 4.78 is 5.22. The quantitative estimate of drug-likeness (QED) is 0.691. The number of rotatable bonds is 9. The summed E-state index contributed by atoms with van der Waals surface area (Å²) in [6, 6.07) is 7.99. The first kappa shape index (κ1) is 17.1. The summed E-state index contributed by atoms with van der Waals surface area (Å²) >= 11 is 0. The van der Waals surface area contributed by atoms with Crippen molar-refractivity contribution in [3.05, 3.63) is 35.7 Å². The fraction of sp³-hybridized carbons (Fsp3) is 0.471. The standard InChI is InChI=1S/C17H24N4O2/c1-3-15-20-17(23-21-15)14-8-6-13(7-9-14)10-12-19-16(22)5-4-11-18-2/h6-9,18H,3-5,10-12H2,1-2H3,(H,19,22). The monoisotopic (exact) mass is 316 g/mol. The lowest BCUT2D eigenvalue weighted by Gasteiger charge is -2.05. The van der Waals surface area contributed by atoms with Crippen molar-refractivity contribution in [3.63, 3.8) is 0 Å². The highest BCUT2D eigenvalue weighted by atomic mass is 16.5. The molecule has 0 aliphatic rings. The van der Waals surface area contributed by atoms with Crippen LogP contribution in [0, 0.1) is 0 Å². The predicted octanol–water partition coefficient (Wildman–Crippen LogP) is 1.96. The van der Waals surface area contributed by atoms with E-state index in [9.17, 15) is 4.79 Å². The second-order valence-electron chi connectivity index (χ2n) is 5.37. The van der Waals surface area contributed by atoms with Gasteiger partial charge >= 0.3 is 0 Å². The van der Waals surface area contributed by atoms with Gasteiger partial charge in [0.05, 0.1) is 0 Å². The van der Waals surface area contributed by atoms with Crippen LogP contribution in [0.1, 0.15) is 31.2 Å². The van der Waals surface area contributed by atoms with E-state index in [1.807, 2.05) is 38.2 Å². The second kappa shape index (κ2) is 9.05. The number of aryl methyl sites for hydroxylation is 1. The first-order valence-electron chi connectivity index (χ1n) is 8.06. The van der Waals surface area contributed by atoms with Crippen LogP contribution in [0.15, 0.2) is 28.8 Å². The van der Waals surface area contributed by atoms with Gasteiger partial charge in [-0.05, 0) is 44.1 Å². The Labute approximate surface area is 136 Å². The van der Waals surface area contributed by atoms with Crippen LogP contribution >= 0.6 is 0 Å². The highest BCUT2D eigenvalue weighted by Gasteiger charge is 2.07. The maximum absolute atomic E-state index is 11.6. The van der Waals surface area contributed by atoms with Gasteiger partial charge in [-0.15, -0.1) is 0 Å². The summed E-state index contributed by atoms with van der Waals surface area (Å²) in [6.45, 7) is 3.51. The minimum absolute atomic E-state index is 0.106. The molecule has 1 aromatic carbocycles. The van der Waals surface area contributed by atoms with Gasteiger partial charge < -0.3 is 15.2 Å². The highest BCUT2D eigenvalue weighted by molar-refractivity contribution is 5.75. The topological polar surface area (TPSA) is 80.0 Å². The third-order valence-electron chi connectivity index (χ3n) is 3.55. The molecule has 0 spiro atoms. The zero-order valence-electron chi connectivity index (χ0n) is 13.8. The van der Waals surface area contributed by atoms with Crippen LogP contribution < -0.4 is 10.6 Å². The van der Waals surface area contributed by atoms with Crippen molar-refractivity contribution >= 4 is 5.91 Å². The molecule has 2 aromatic rings. The maximum atomic E-state index is 11.6. The van der Waals surface area contributed by atoms with Crippen LogP contribution in [0.3, 0.4) is 0 Å². The SMILES string of the molecule is CCc1noc(-c2ccc(CCNC(=O)CCCNC)cc2)n1. The number of nitrogens with one attached hydrogen (secondary N) is 2. The van der Waals surface area contributed by atoms with E-state index in [4.69, 9.17) is 4.52 Å². The molecule has 23 heavy (non-hydrogen) atoms. The van der Waals surface area contributed by atoms with Gasteiger partial charge in [0.15, 0.2) is 5.82 Å². The van der Waals surface area contributed by atoms with E-state index in [1.165, 1.54) is 5.56 Å². The van der Waals surface area contributed by atoms with Crippen LogP contribution in [0.4, 0.5) is 0 Å². The van der Waals surface area contributed by atoms with E-state index in [0.29, 0.717) is 24.7 Å². The minimum atomic E-state index is 0.106. The Hall–Kier alpha value is -2.21. The predicted molar refractivity (Wildman–Crippen MR) is 89.0 cm³/mol. The van der Waals surface area contributed by atoms with E-state index in [1.54, 1.807) is 0 Å². The van der Waals surface area contributed by atoms with Gasteiger partial charge in [0, 0.05) is 24.9 Å². The van der Waals surface area contributed by atoms with Crippen molar-refractivity contribution in [2.24, 2.45) is 0 Å². The van der Waals surface area contributed by atoms with Crippen LogP contribution in [0.5, 0.6) is 0 Å². The van der Waals surface area contributed by atoms with E-state index in [-0.39, 0.29) is 5.91 Å². The largest absolute Gasteiger partial charge is 0.356 e. The number of aromatic nitrogens is 2. The molecule has 0 fully saturated rings. The molecule has 0 radical (unpaired) electrons. The van der Waals surface area contributed by atoms with Crippen LogP contribution in [0.2, 0.25) is 0 Å². The molecule has 2 N–H and O–H groups in total. The Morgan fingerprint density at radius 3 is 2.65 bits per heavy atom. The van der Waals surface area contributed by atoms with E-state index in [2.05, 4.69) is 20.8 Å². The van der Waals surface area contributed by atoms with E-state index >= 15 is 0 Å². The molecular formula is C17H24N4O2. The Morgan fingerprint density at radius 2 is 2.00 bits per heavy atom. The van der Waals surface area contributed by atoms with Gasteiger partial charge in [-0.25, -0.2) is 0 Å². The average Bonchev–Trinajstić information content (AvgIpc) is 3.05. The first-order valence-corrected chi connectivity index (χ1v) is 8.06. The number of amides is 1. The molecule has 0 atom stereocenters. The van der Waals surface area contributed by atoms with Gasteiger partial charge in [-0.3, -0.25) is 4.79 Å². The van der Waals surface area contributed by atoms with Crippen molar-refractivity contribution in [1.29, 1.82) is 0 Å². The third-order valence-corrected chi connectivity index (χ3v) is 3.55. The third kappa shape index (κ3) is 5.49. The molecule has 1 aromatic heterocycles. The van der Waals surface area contributed by atoms with Gasteiger partial charge in [0.25, 0.3) is 5.89 Å². The molecule has 124 valence electrons. The van der Waals surface area contributed by atoms with Gasteiger partial charge in [-0.2, -0.15) is 4.98 Å². The van der Waals surface area contributed by atoms with Crippen molar-refractivity contribution < 1.29 is 9.32 Å². The zero-order chi connectivity index (χ0) is 16.5. The van der Waals surface area contributed by atoms with Crippen LogP contribution in [-0.2, 0) is 17.6 Å². The summed E-state index contributed by atoms with van der Waals surface area (Å²) in [7, 11) is 1.89. The summed E-state index contributed by atoms with van der Waals surface area (Å²) in [5.41, 5.74) is 2.08. The molecule has 6 heteroatoms. The maximum Gasteiger partial charge on any atom is 0.257 e. The average molecular weight is 316 g/mol. The van der Waals surface area contributed by atoms with Gasteiger partial charge in [-0.1, -0.05) is 24.2 Å². The minimum Gasteiger partial charge on any atom is -0.356 e. The molecule has 6 nitrogen and oxygen atoms in total. The first-order chi connectivity index (χ1) is 11.2. The lowest BCUT2D eigenvalue weighted by atomic mass is 10.1. The van der Waals surface area contributed by atoms with E-state index in [0.717, 1.165) is 31.4 Å². The number of nitrogens with zero attached hydrogens (tertiary/aromatic N) is 2.